The van der Waals surface area contributed by atoms with Gasteiger partial charge in [-0.2, -0.15) is 0 Å². The number of hydrogen-bond acceptors (Lipinski definition) is 7. The number of anilines is 2. The number of amides is 1. The van der Waals surface area contributed by atoms with Gasteiger partial charge in [-0.3, -0.25) is 4.79 Å². The smallest absolute Gasteiger partial charge is 0.277 e. The number of hydrogen-bond donors (Lipinski definition) is 1. The van der Waals surface area contributed by atoms with Crippen LogP contribution in [0.5, 0.6) is 0 Å². The number of benzene rings is 1. The molecule has 0 aliphatic rings. The Morgan fingerprint density at radius 3 is 2.52 bits per heavy atom. The van der Waals surface area contributed by atoms with Crippen molar-refractivity contribution in [1.29, 1.82) is 0 Å². The van der Waals surface area contributed by atoms with E-state index < -0.39 is 5.25 Å². The highest BCUT2D eigenvalue weighted by Crippen LogP contribution is 2.28. The molecule has 1 atom stereocenters. The van der Waals surface area contributed by atoms with Gasteiger partial charge in [0.25, 0.3) is 5.22 Å². The molecule has 0 fully saturated rings. The van der Waals surface area contributed by atoms with E-state index in [4.69, 9.17) is 16.0 Å². The second-order valence-electron chi connectivity index (χ2n) is 6.20. The van der Waals surface area contributed by atoms with E-state index in [0.29, 0.717) is 22.0 Å². The van der Waals surface area contributed by atoms with Crippen LogP contribution in [0.1, 0.15) is 20.8 Å². The van der Waals surface area contributed by atoms with Gasteiger partial charge in [0.2, 0.25) is 11.8 Å². The molecule has 1 N–H and O–H groups in total. The van der Waals surface area contributed by atoms with Crippen molar-refractivity contribution in [3.63, 3.8) is 0 Å². The molecule has 0 bridgehead atoms. The maximum absolute atomic E-state index is 12.3. The van der Waals surface area contributed by atoms with Crippen LogP contribution in [0.2, 0.25) is 5.02 Å². The molecule has 7 nitrogen and oxygen atoms in total. The van der Waals surface area contributed by atoms with Crippen molar-refractivity contribution in [2.75, 3.05) is 23.3 Å². The van der Waals surface area contributed by atoms with Gasteiger partial charge >= 0.3 is 0 Å². The average Bonchev–Trinajstić information content (AvgIpc) is 3.19. The fourth-order valence-electron chi connectivity index (χ4n) is 2.66. The van der Waals surface area contributed by atoms with E-state index >= 15 is 0 Å². The third kappa shape index (κ3) is 5.48. The van der Waals surface area contributed by atoms with E-state index in [1.54, 1.807) is 19.1 Å². The Labute approximate surface area is 178 Å². The van der Waals surface area contributed by atoms with Crippen LogP contribution < -0.4 is 10.2 Å². The van der Waals surface area contributed by atoms with E-state index in [-0.39, 0.29) is 5.91 Å². The van der Waals surface area contributed by atoms with Crippen molar-refractivity contribution >= 4 is 40.8 Å². The first-order chi connectivity index (χ1) is 14.0. The number of halogens is 1. The molecule has 3 rings (SSSR count). The lowest BCUT2D eigenvalue weighted by Gasteiger charge is -2.20. The molecule has 3 aromatic rings. The second-order valence-corrected chi connectivity index (χ2v) is 7.93. The standard InChI is InChI=1S/C20H22ClN5O2S/c1-4-26(5-2)16-9-6-14(7-10-16)19-24-25-20(28-19)29-13(3)18(27)23-17-11-8-15(21)12-22-17/h6-13H,4-5H2,1-3H3,(H,22,23,27). The number of nitrogens with one attached hydrogen (secondary N) is 1. The molecule has 0 saturated carbocycles. The highest BCUT2D eigenvalue weighted by Gasteiger charge is 2.19. The van der Waals surface area contributed by atoms with Gasteiger partial charge in [0.05, 0.1) is 10.3 Å². The van der Waals surface area contributed by atoms with Crippen LogP contribution in [-0.2, 0) is 4.79 Å². The molecule has 0 spiro atoms. The van der Waals surface area contributed by atoms with Gasteiger partial charge in [0.1, 0.15) is 5.82 Å². The lowest BCUT2D eigenvalue weighted by atomic mass is 10.2. The van der Waals surface area contributed by atoms with Crippen LogP contribution in [0.3, 0.4) is 0 Å². The van der Waals surface area contributed by atoms with E-state index in [0.717, 1.165) is 24.3 Å². The number of pyridine rings is 1. The summed E-state index contributed by atoms with van der Waals surface area (Å²) in [6.45, 7) is 7.91. The number of thioether (sulfide) groups is 1. The Bertz CT molecular complexity index is 942. The Balaban J connectivity index is 1.62. The zero-order valence-corrected chi connectivity index (χ0v) is 18.0. The summed E-state index contributed by atoms with van der Waals surface area (Å²) < 4.78 is 5.72. The molecule has 1 aromatic carbocycles. The predicted molar refractivity (Wildman–Crippen MR) is 116 cm³/mol. The summed E-state index contributed by atoms with van der Waals surface area (Å²) in [5.41, 5.74) is 1.98. The fourth-order valence-corrected chi connectivity index (χ4v) is 3.46. The van der Waals surface area contributed by atoms with Crippen molar-refractivity contribution in [2.24, 2.45) is 0 Å². The van der Waals surface area contributed by atoms with Crippen LogP contribution >= 0.6 is 23.4 Å². The minimum Gasteiger partial charge on any atom is -0.411 e. The summed E-state index contributed by atoms with van der Waals surface area (Å²) in [5, 5.41) is 11.3. The number of nitrogens with zero attached hydrogens (tertiary/aromatic N) is 4. The van der Waals surface area contributed by atoms with Crippen LogP contribution in [0.15, 0.2) is 52.2 Å². The van der Waals surface area contributed by atoms with Crippen LogP contribution in [0.4, 0.5) is 11.5 Å². The molecule has 29 heavy (non-hydrogen) atoms. The van der Waals surface area contributed by atoms with E-state index in [1.165, 1.54) is 18.0 Å². The van der Waals surface area contributed by atoms with Gasteiger partial charge in [-0.25, -0.2) is 4.98 Å². The van der Waals surface area contributed by atoms with Crippen LogP contribution in [0, 0.1) is 0 Å². The molecular formula is C20H22ClN5O2S. The van der Waals surface area contributed by atoms with E-state index in [9.17, 15) is 4.79 Å². The first-order valence-corrected chi connectivity index (χ1v) is 10.5. The number of aromatic nitrogens is 3. The molecule has 0 aliphatic heterocycles. The molecule has 152 valence electrons. The third-order valence-corrected chi connectivity index (χ3v) is 5.43. The molecule has 2 heterocycles. The number of rotatable bonds is 8. The van der Waals surface area contributed by atoms with Gasteiger partial charge in [0, 0.05) is 30.5 Å². The monoisotopic (exact) mass is 431 g/mol. The van der Waals surface area contributed by atoms with Crippen molar-refractivity contribution < 1.29 is 9.21 Å². The molecule has 0 radical (unpaired) electrons. The Morgan fingerprint density at radius 1 is 1.17 bits per heavy atom. The number of carbonyl (C=O) groups is 1. The largest absolute Gasteiger partial charge is 0.411 e. The third-order valence-electron chi connectivity index (χ3n) is 4.27. The first kappa shape index (κ1) is 21.1. The van der Waals surface area contributed by atoms with E-state index in [1.807, 2.05) is 24.3 Å². The highest BCUT2D eigenvalue weighted by molar-refractivity contribution is 8.00. The van der Waals surface area contributed by atoms with Gasteiger partial charge in [-0.15, -0.1) is 10.2 Å². The van der Waals surface area contributed by atoms with Gasteiger partial charge in [-0.1, -0.05) is 23.4 Å². The maximum Gasteiger partial charge on any atom is 0.277 e. The summed E-state index contributed by atoms with van der Waals surface area (Å²) in [4.78, 5) is 18.7. The predicted octanol–water partition coefficient (Wildman–Crippen LogP) is 4.75. The lowest BCUT2D eigenvalue weighted by Crippen LogP contribution is -2.22. The van der Waals surface area contributed by atoms with Gasteiger partial charge in [0.15, 0.2) is 0 Å². The molecular weight excluding hydrogens is 410 g/mol. The summed E-state index contributed by atoms with van der Waals surface area (Å²) >= 11 is 6.99. The van der Waals surface area contributed by atoms with Crippen molar-refractivity contribution in [3.8, 4) is 11.5 Å². The molecule has 1 amide bonds. The average molecular weight is 432 g/mol. The molecule has 9 heteroatoms. The summed E-state index contributed by atoms with van der Waals surface area (Å²) in [5.74, 6) is 0.644. The number of carbonyl (C=O) groups excluding carboxylic acids is 1. The second kappa shape index (κ2) is 9.76. The minimum absolute atomic E-state index is 0.215. The zero-order valence-electron chi connectivity index (χ0n) is 16.4. The highest BCUT2D eigenvalue weighted by atomic mass is 35.5. The molecule has 0 saturated heterocycles. The molecule has 0 aliphatic carbocycles. The van der Waals surface area contributed by atoms with E-state index in [2.05, 4.69) is 39.2 Å². The molecule has 1 unspecified atom stereocenters. The first-order valence-electron chi connectivity index (χ1n) is 9.28. The van der Waals surface area contributed by atoms with Crippen molar-refractivity contribution in [1.82, 2.24) is 15.2 Å². The Kier molecular flexibility index (Phi) is 7.11. The lowest BCUT2D eigenvalue weighted by molar-refractivity contribution is -0.115. The van der Waals surface area contributed by atoms with Gasteiger partial charge in [-0.05, 0) is 57.2 Å². The SMILES string of the molecule is CCN(CC)c1ccc(-c2nnc(SC(C)C(=O)Nc3ccc(Cl)cn3)o2)cc1. The summed E-state index contributed by atoms with van der Waals surface area (Å²) in [6, 6.07) is 11.3. The Morgan fingerprint density at radius 2 is 1.90 bits per heavy atom. The normalized spacial score (nSPS) is 11.9. The minimum atomic E-state index is -0.439. The van der Waals surface area contributed by atoms with Crippen LogP contribution in [-0.4, -0.2) is 39.4 Å². The summed E-state index contributed by atoms with van der Waals surface area (Å²) in [7, 11) is 0. The Hall–Kier alpha value is -2.58. The van der Waals surface area contributed by atoms with Crippen molar-refractivity contribution in [2.45, 2.75) is 31.2 Å². The maximum atomic E-state index is 12.3. The van der Waals surface area contributed by atoms with Crippen LogP contribution in [0.25, 0.3) is 11.5 Å². The summed E-state index contributed by atoms with van der Waals surface area (Å²) in [6.07, 6.45) is 1.48. The molecule has 2 aromatic heterocycles. The quantitative estimate of drug-likeness (QED) is 0.515. The van der Waals surface area contributed by atoms with Gasteiger partial charge < -0.3 is 14.6 Å². The van der Waals surface area contributed by atoms with Crippen molar-refractivity contribution in [3.05, 3.63) is 47.6 Å². The topological polar surface area (TPSA) is 84.2 Å². The zero-order chi connectivity index (χ0) is 20.8. The fraction of sp³-hybridized carbons (Fsp3) is 0.300.